The van der Waals surface area contributed by atoms with E-state index >= 15 is 0 Å². The van der Waals surface area contributed by atoms with Crippen LogP contribution in [-0.4, -0.2) is 24.0 Å². The molecule has 0 aliphatic rings. The fraction of sp³-hybridized carbons (Fsp3) is 0.471. The van der Waals surface area contributed by atoms with Crippen molar-refractivity contribution in [2.75, 3.05) is 14.2 Å². The quantitative estimate of drug-likeness (QED) is 0.814. The van der Waals surface area contributed by atoms with Gasteiger partial charge in [-0.15, -0.1) is 0 Å². The molecule has 0 radical (unpaired) electrons. The van der Waals surface area contributed by atoms with Crippen molar-refractivity contribution < 1.29 is 9.47 Å². The monoisotopic (exact) mass is 303 g/mol. The molecule has 0 spiro atoms. The minimum absolute atomic E-state index is 0.209. The van der Waals surface area contributed by atoms with Gasteiger partial charge >= 0.3 is 0 Å². The second-order valence-electron chi connectivity index (χ2n) is 5.28. The Morgan fingerprint density at radius 1 is 1.27 bits per heavy atom. The summed E-state index contributed by atoms with van der Waals surface area (Å²) in [6, 6.07) is 8.45. The molecule has 1 aromatic heterocycles. The van der Waals surface area contributed by atoms with Gasteiger partial charge in [0.15, 0.2) is 0 Å². The molecule has 2 aromatic rings. The molecule has 0 aliphatic heterocycles. The predicted molar refractivity (Wildman–Crippen MR) is 86.9 cm³/mol. The summed E-state index contributed by atoms with van der Waals surface area (Å²) in [7, 11) is 3.37. The molecule has 0 aliphatic carbocycles. The summed E-state index contributed by atoms with van der Waals surface area (Å²) in [6.07, 6.45) is 2.01. The Hall–Kier alpha value is -1.85. The molecule has 0 saturated carbocycles. The van der Waals surface area contributed by atoms with E-state index in [1.54, 1.807) is 14.2 Å². The Morgan fingerprint density at radius 2 is 2.09 bits per heavy atom. The molecule has 1 unspecified atom stereocenters. The summed E-state index contributed by atoms with van der Waals surface area (Å²) in [4.78, 5) is 0. The summed E-state index contributed by atoms with van der Waals surface area (Å²) < 4.78 is 12.5. The SMILES string of the molecule is CCn1ccc(C(C)NCc2ccc(OC)c(COC)c2)n1. The largest absolute Gasteiger partial charge is 0.496 e. The summed E-state index contributed by atoms with van der Waals surface area (Å²) >= 11 is 0. The van der Waals surface area contributed by atoms with Crippen LogP contribution in [0.1, 0.15) is 36.7 Å². The van der Waals surface area contributed by atoms with Crippen molar-refractivity contribution in [3.8, 4) is 5.75 Å². The lowest BCUT2D eigenvalue weighted by Gasteiger charge is -2.14. The van der Waals surface area contributed by atoms with Gasteiger partial charge in [0.1, 0.15) is 5.75 Å². The first kappa shape index (κ1) is 16.5. The van der Waals surface area contributed by atoms with Gasteiger partial charge in [-0.2, -0.15) is 5.10 Å². The number of ether oxygens (including phenoxy) is 2. The second-order valence-corrected chi connectivity index (χ2v) is 5.28. The minimum atomic E-state index is 0.209. The van der Waals surface area contributed by atoms with Crippen LogP contribution in [0.5, 0.6) is 5.75 Å². The summed E-state index contributed by atoms with van der Waals surface area (Å²) in [6.45, 7) is 6.44. The van der Waals surface area contributed by atoms with Gasteiger partial charge in [-0.25, -0.2) is 0 Å². The molecular weight excluding hydrogens is 278 g/mol. The number of rotatable bonds is 8. The third kappa shape index (κ3) is 4.08. The van der Waals surface area contributed by atoms with Gasteiger partial charge < -0.3 is 14.8 Å². The maximum atomic E-state index is 5.35. The van der Waals surface area contributed by atoms with Crippen LogP contribution >= 0.6 is 0 Å². The summed E-state index contributed by atoms with van der Waals surface area (Å²) in [5.41, 5.74) is 3.33. The lowest BCUT2D eigenvalue weighted by atomic mass is 10.1. The Bertz CT molecular complexity index is 595. The van der Waals surface area contributed by atoms with E-state index < -0.39 is 0 Å². The van der Waals surface area contributed by atoms with E-state index in [-0.39, 0.29) is 6.04 Å². The molecule has 2 rings (SSSR count). The van der Waals surface area contributed by atoms with Crippen LogP contribution < -0.4 is 10.1 Å². The number of hydrogen-bond donors (Lipinski definition) is 1. The maximum Gasteiger partial charge on any atom is 0.124 e. The standard InChI is InChI=1S/C17H25N3O2/c1-5-20-9-8-16(19-20)13(2)18-11-14-6-7-17(22-4)15(10-14)12-21-3/h6-10,13,18H,5,11-12H2,1-4H3. The van der Waals surface area contributed by atoms with Crippen molar-refractivity contribution in [2.24, 2.45) is 0 Å². The number of aryl methyl sites for hydroxylation is 1. The molecule has 1 aromatic carbocycles. The first-order chi connectivity index (χ1) is 10.7. The van der Waals surface area contributed by atoms with Gasteiger partial charge in [-0.1, -0.05) is 6.07 Å². The highest BCUT2D eigenvalue weighted by Crippen LogP contribution is 2.21. The molecule has 0 fully saturated rings. The molecule has 0 bridgehead atoms. The van der Waals surface area contributed by atoms with Gasteiger partial charge in [0.05, 0.1) is 19.4 Å². The third-order valence-electron chi connectivity index (χ3n) is 3.69. The predicted octanol–water partition coefficient (Wildman–Crippen LogP) is 2.91. The van der Waals surface area contributed by atoms with E-state index in [9.17, 15) is 0 Å². The van der Waals surface area contributed by atoms with E-state index in [2.05, 4.69) is 42.5 Å². The maximum absolute atomic E-state index is 5.35. The molecule has 1 N–H and O–H groups in total. The van der Waals surface area contributed by atoms with Crippen LogP contribution in [0, 0.1) is 0 Å². The Morgan fingerprint density at radius 3 is 2.73 bits per heavy atom. The zero-order chi connectivity index (χ0) is 15.9. The highest BCUT2D eigenvalue weighted by molar-refractivity contribution is 5.37. The van der Waals surface area contributed by atoms with Gasteiger partial charge in [-0.3, -0.25) is 4.68 Å². The van der Waals surface area contributed by atoms with Crippen LogP contribution in [0.4, 0.5) is 0 Å². The number of aromatic nitrogens is 2. The van der Waals surface area contributed by atoms with Crippen molar-refractivity contribution in [3.63, 3.8) is 0 Å². The molecular formula is C17H25N3O2. The first-order valence-corrected chi connectivity index (χ1v) is 7.59. The lowest BCUT2D eigenvalue weighted by Crippen LogP contribution is -2.19. The minimum Gasteiger partial charge on any atom is -0.496 e. The molecule has 0 saturated heterocycles. The van der Waals surface area contributed by atoms with Gasteiger partial charge in [0, 0.05) is 38.0 Å². The van der Waals surface area contributed by atoms with Crippen molar-refractivity contribution in [1.82, 2.24) is 15.1 Å². The molecule has 120 valence electrons. The molecule has 0 amide bonds. The van der Waals surface area contributed by atoms with Gasteiger partial charge in [0.2, 0.25) is 0 Å². The average molecular weight is 303 g/mol. The van der Waals surface area contributed by atoms with Crippen molar-refractivity contribution in [3.05, 3.63) is 47.3 Å². The van der Waals surface area contributed by atoms with Crippen LogP contribution in [0.3, 0.4) is 0 Å². The lowest BCUT2D eigenvalue weighted by molar-refractivity contribution is 0.181. The topological polar surface area (TPSA) is 48.3 Å². The van der Waals surface area contributed by atoms with E-state index in [0.29, 0.717) is 6.61 Å². The highest BCUT2D eigenvalue weighted by atomic mass is 16.5. The summed E-state index contributed by atoms with van der Waals surface area (Å²) in [5, 5.41) is 8.03. The van der Waals surface area contributed by atoms with Crippen LogP contribution in [-0.2, 0) is 24.4 Å². The number of benzene rings is 1. The van der Waals surface area contributed by atoms with Crippen LogP contribution in [0.15, 0.2) is 30.5 Å². The van der Waals surface area contributed by atoms with Crippen LogP contribution in [0.25, 0.3) is 0 Å². The number of hydrogen-bond acceptors (Lipinski definition) is 4. The smallest absolute Gasteiger partial charge is 0.124 e. The van der Waals surface area contributed by atoms with Crippen molar-refractivity contribution in [2.45, 2.75) is 39.6 Å². The zero-order valence-electron chi connectivity index (χ0n) is 13.8. The molecule has 5 heteroatoms. The normalized spacial score (nSPS) is 12.4. The van der Waals surface area contributed by atoms with Gasteiger partial charge in [-0.05, 0) is 37.6 Å². The Kier molecular flexibility index (Phi) is 5.98. The van der Waals surface area contributed by atoms with E-state index in [4.69, 9.17) is 9.47 Å². The Labute approximate surface area is 132 Å². The molecule has 1 atom stereocenters. The molecule has 5 nitrogen and oxygen atoms in total. The van der Waals surface area contributed by atoms with E-state index in [1.807, 2.05) is 16.9 Å². The Balaban J connectivity index is 1.99. The molecule has 1 heterocycles. The fourth-order valence-corrected chi connectivity index (χ4v) is 2.37. The molecule has 22 heavy (non-hydrogen) atoms. The summed E-state index contributed by atoms with van der Waals surface area (Å²) in [5.74, 6) is 0.861. The van der Waals surface area contributed by atoms with Gasteiger partial charge in [0.25, 0.3) is 0 Å². The average Bonchev–Trinajstić information content (AvgIpc) is 3.02. The number of nitrogens with zero attached hydrogens (tertiary/aromatic N) is 2. The number of nitrogens with one attached hydrogen (secondary N) is 1. The van der Waals surface area contributed by atoms with Crippen molar-refractivity contribution in [1.29, 1.82) is 0 Å². The third-order valence-corrected chi connectivity index (χ3v) is 3.69. The van der Waals surface area contributed by atoms with E-state index in [0.717, 1.165) is 30.1 Å². The second kappa shape index (κ2) is 7.96. The van der Waals surface area contributed by atoms with Crippen LogP contribution in [0.2, 0.25) is 0 Å². The number of methoxy groups -OCH3 is 2. The van der Waals surface area contributed by atoms with Crippen molar-refractivity contribution >= 4 is 0 Å². The first-order valence-electron chi connectivity index (χ1n) is 7.59. The zero-order valence-corrected chi connectivity index (χ0v) is 13.8. The fourth-order valence-electron chi connectivity index (χ4n) is 2.37. The highest BCUT2D eigenvalue weighted by Gasteiger charge is 2.09. The van der Waals surface area contributed by atoms with E-state index in [1.165, 1.54) is 5.56 Å².